The number of aromatic nitrogens is 2. The van der Waals surface area contributed by atoms with Crippen LogP contribution in [-0.2, 0) is 11.2 Å². The number of aryl methyl sites for hydroxylation is 1. The Morgan fingerprint density at radius 3 is 2.74 bits per heavy atom. The van der Waals surface area contributed by atoms with Crippen molar-refractivity contribution < 1.29 is 4.79 Å². The standard InChI is InChI=1S/C18H26N4O/c1-12-15-9-16(23)22(11-13-5-3-2-4-6-13)18(15)21-17(20-12)14-7-8-19-10-14/h13-14,19H,2-11H2,1H3. The fraction of sp³-hybridized carbons (Fsp3) is 0.722. The van der Waals surface area contributed by atoms with Crippen LogP contribution in [0, 0.1) is 12.8 Å². The first-order valence-electron chi connectivity index (χ1n) is 9.11. The van der Waals surface area contributed by atoms with Crippen LogP contribution in [0.1, 0.15) is 61.5 Å². The lowest BCUT2D eigenvalue weighted by atomic mass is 9.89. The van der Waals surface area contributed by atoms with Crippen LogP contribution >= 0.6 is 0 Å². The minimum Gasteiger partial charge on any atom is -0.316 e. The van der Waals surface area contributed by atoms with Crippen molar-refractivity contribution in [1.29, 1.82) is 0 Å². The normalized spacial score (nSPS) is 25.2. The van der Waals surface area contributed by atoms with Crippen molar-refractivity contribution in [2.75, 3.05) is 24.5 Å². The van der Waals surface area contributed by atoms with Crippen LogP contribution in [-0.4, -0.2) is 35.5 Å². The van der Waals surface area contributed by atoms with Crippen molar-refractivity contribution in [3.05, 3.63) is 17.1 Å². The van der Waals surface area contributed by atoms with Gasteiger partial charge >= 0.3 is 0 Å². The van der Waals surface area contributed by atoms with Gasteiger partial charge in [0, 0.05) is 30.3 Å². The molecule has 4 rings (SSSR count). The molecular formula is C18H26N4O. The summed E-state index contributed by atoms with van der Waals surface area (Å²) >= 11 is 0. The van der Waals surface area contributed by atoms with Crippen LogP contribution in [0.3, 0.4) is 0 Å². The molecule has 1 unspecified atom stereocenters. The average molecular weight is 314 g/mol. The van der Waals surface area contributed by atoms with E-state index in [1.54, 1.807) is 0 Å². The van der Waals surface area contributed by atoms with E-state index in [2.05, 4.69) is 5.32 Å². The Morgan fingerprint density at radius 1 is 1.17 bits per heavy atom. The summed E-state index contributed by atoms with van der Waals surface area (Å²) in [5.74, 6) is 3.09. The number of rotatable bonds is 3. The lowest BCUT2D eigenvalue weighted by Gasteiger charge is -2.27. The maximum atomic E-state index is 12.5. The third-order valence-corrected chi connectivity index (χ3v) is 5.69. The number of anilines is 1. The van der Waals surface area contributed by atoms with Crippen LogP contribution in [0.25, 0.3) is 0 Å². The average Bonchev–Trinajstić information content (AvgIpc) is 3.19. The van der Waals surface area contributed by atoms with Crippen molar-refractivity contribution >= 4 is 11.7 Å². The van der Waals surface area contributed by atoms with E-state index in [0.29, 0.717) is 18.3 Å². The molecule has 1 aromatic heterocycles. The first-order chi connectivity index (χ1) is 11.2. The Hall–Kier alpha value is -1.49. The number of hydrogen-bond donors (Lipinski definition) is 1. The molecule has 1 saturated heterocycles. The third kappa shape index (κ3) is 2.87. The van der Waals surface area contributed by atoms with E-state index in [9.17, 15) is 4.79 Å². The maximum Gasteiger partial charge on any atom is 0.232 e. The number of fused-ring (bicyclic) bond motifs is 1. The van der Waals surface area contributed by atoms with E-state index in [4.69, 9.17) is 9.97 Å². The zero-order valence-corrected chi connectivity index (χ0v) is 14.0. The minimum absolute atomic E-state index is 0.213. The maximum absolute atomic E-state index is 12.5. The molecule has 2 fully saturated rings. The molecule has 0 radical (unpaired) electrons. The second kappa shape index (κ2) is 6.19. The lowest BCUT2D eigenvalue weighted by molar-refractivity contribution is -0.117. The second-order valence-corrected chi connectivity index (χ2v) is 7.34. The molecule has 1 saturated carbocycles. The fourth-order valence-electron chi connectivity index (χ4n) is 4.27. The monoisotopic (exact) mass is 314 g/mol. The number of hydrogen-bond acceptors (Lipinski definition) is 4. The molecule has 2 aliphatic heterocycles. The van der Waals surface area contributed by atoms with Crippen molar-refractivity contribution in [3.8, 4) is 0 Å². The largest absolute Gasteiger partial charge is 0.316 e. The quantitative estimate of drug-likeness (QED) is 0.930. The van der Waals surface area contributed by atoms with E-state index < -0.39 is 0 Å². The highest BCUT2D eigenvalue weighted by atomic mass is 16.2. The van der Waals surface area contributed by atoms with E-state index in [1.807, 2.05) is 11.8 Å². The zero-order chi connectivity index (χ0) is 15.8. The van der Waals surface area contributed by atoms with Gasteiger partial charge in [0.2, 0.25) is 5.91 Å². The number of nitrogens with zero attached hydrogens (tertiary/aromatic N) is 3. The topological polar surface area (TPSA) is 58.1 Å². The molecule has 3 aliphatic rings. The summed E-state index contributed by atoms with van der Waals surface area (Å²) < 4.78 is 0. The second-order valence-electron chi connectivity index (χ2n) is 7.34. The predicted octanol–water partition coefficient (Wildman–Crippen LogP) is 2.33. The first kappa shape index (κ1) is 15.1. The molecule has 23 heavy (non-hydrogen) atoms. The van der Waals surface area contributed by atoms with E-state index in [1.165, 1.54) is 32.1 Å². The van der Waals surface area contributed by atoms with Crippen LogP contribution < -0.4 is 10.2 Å². The van der Waals surface area contributed by atoms with E-state index in [0.717, 1.165) is 49.0 Å². The van der Waals surface area contributed by atoms with Gasteiger partial charge in [0.05, 0.1) is 6.42 Å². The van der Waals surface area contributed by atoms with Crippen molar-refractivity contribution in [1.82, 2.24) is 15.3 Å². The summed E-state index contributed by atoms with van der Waals surface area (Å²) in [5.41, 5.74) is 2.05. The summed E-state index contributed by atoms with van der Waals surface area (Å²) in [5, 5.41) is 3.38. The Morgan fingerprint density at radius 2 is 2.00 bits per heavy atom. The Labute approximate surface area is 137 Å². The van der Waals surface area contributed by atoms with Crippen molar-refractivity contribution in [3.63, 3.8) is 0 Å². The van der Waals surface area contributed by atoms with Crippen molar-refractivity contribution in [2.45, 2.75) is 57.8 Å². The van der Waals surface area contributed by atoms with Gasteiger partial charge in [0.25, 0.3) is 0 Å². The summed E-state index contributed by atoms with van der Waals surface area (Å²) in [6.45, 7) is 4.87. The van der Waals surface area contributed by atoms with Gasteiger partial charge in [0.1, 0.15) is 11.6 Å². The molecular weight excluding hydrogens is 288 g/mol. The predicted molar refractivity (Wildman–Crippen MR) is 89.6 cm³/mol. The summed E-state index contributed by atoms with van der Waals surface area (Å²) in [6, 6.07) is 0. The molecule has 0 aromatic carbocycles. The smallest absolute Gasteiger partial charge is 0.232 e. The lowest BCUT2D eigenvalue weighted by Crippen LogP contribution is -2.33. The highest BCUT2D eigenvalue weighted by Gasteiger charge is 2.34. The first-order valence-corrected chi connectivity index (χ1v) is 9.11. The van der Waals surface area contributed by atoms with Crippen LogP contribution in [0.5, 0.6) is 0 Å². The summed E-state index contributed by atoms with van der Waals surface area (Å²) in [6.07, 6.45) is 8.04. The van der Waals surface area contributed by atoms with Gasteiger partial charge < -0.3 is 5.32 Å². The Kier molecular flexibility index (Phi) is 4.05. The fourth-order valence-corrected chi connectivity index (χ4v) is 4.27. The highest BCUT2D eigenvalue weighted by molar-refractivity contribution is 6.00. The van der Waals surface area contributed by atoms with Gasteiger partial charge in [0.15, 0.2) is 0 Å². The molecule has 5 nitrogen and oxygen atoms in total. The Bertz CT molecular complexity index is 603. The van der Waals surface area contributed by atoms with E-state index >= 15 is 0 Å². The van der Waals surface area contributed by atoms with Crippen molar-refractivity contribution in [2.24, 2.45) is 5.92 Å². The van der Waals surface area contributed by atoms with Crippen LogP contribution in [0.4, 0.5) is 5.82 Å². The SMILES string of the molecule is Cc1nc(C2CCNC2)nc2c1CC(=O)N2CC1CCCCC1. The van der Waals surface area contributed by atoms with E-state index in [-0.39, 0.29) is 5.91 Å². The zero-order valence-electron chi connectivity index (χ0n) is 14.0. The highest BCUT2D eigenvalue weighted by Crippen LogP contribution is 2.34. The molecule has 1 atom stereocenters. The Balaban J connectivity index is 1.61. The minimum atomic E-state index is 0.213. The number of carbonyl (C=O) groups excluding carboxylic acids is 1. The third-order valence-electron chi connectivity index (χ3n) is 5.69. The molecule has 1 amide bonds. The molecule has 124 valence electrons. The number of carbonyl (C=O) groups is 1. The summed E-state index contributed by atoms with van der Waals surface area (Å²) in [7, 11) is 0. The van der Waals surface area contributed by atoms with Gasteiger partial charge in [-0.2, -0.15) is 0 Å². The van der Waals surface area contributed by atoms with Gasteiger partial charge in [-0.3, -0.25) is 9.69 Å². The molecule has 0 bridgehead atoms. The molecule has 1 N–H and O–H groups in total. The molecule has 0 spiro atoms. The van der Waals surface area contributed by atoms with Gasteiger partial charge in [-0.05, 0) is 38.6 Å². The van der Waals surface area contributed by atoms with Crippen LogP contribution in [0.2, 0.25) is 0 Å². The molecule has 3 heterocycles. The van der Waals surface area contributed by atoms with Crippen LogP contribution in [0.15, 0.2) is 0 Å². The number of amides is 1. The summed E-state index contributed by atoms with van der Waals surface area (Å²) in [4.78, 5) is 24.1. The molecule has 5 heteroatoms. The van der Waals surface area contributed by atoms with Gasteiger partial charge in [-0.1, -0.05) is 19.3 Å². The molecule has 1 aromatic rings. The molecule has 1 aliphatic carbocycles. The van der Waals surface area contributed by atoms with Gasteiger partial charge in [-0.15, -0.1) is 0 Å². The number of nitrogens with one attached hydrogen (secondary N) is 1. The van der Waals surface area contributed by atoms with Gasteiger partial charge in [-0.25, -0.2) is 9.97 Å².